The van der Waals surface area contributed by atoms with Crippen LogP contribution in [0, 0.1) is 0 Å². The summed E-state index contributed by atoms with van der Waals surface area (Å²) in [6.07, 6.45) is 1.000. The molecule has 0 aliphatic carbocycles. The summed E-state index contributed by atoms with van der Waals surface area (Å²) in [5, 5.41) is 3.71. The van der Waals surface area contributed by atoms with Crippen LogP contribution in [0.4, 0.5) is 0 Å². The lowest BCUT2D eigenvalue weighted by atomic mass is 9.88. The molecule has 1 heterocycles. The van der Waals surface area contributed by atoms with E-state index in [1.54, 1.807) is 7.11 Å². The van der Waals surface area contributed by atoms with E-state index in [1.165, 1.54) is 27.8 Å². The van der Waals surface area contributed by atoms with Crippen LogP contribution in [0.3, 0.4) is 0 Å². The summed E-state index contributed by atoms with van der Waals surface area (Å²) >= 11 is 0. The Morgan fingerprint density at radius 2 is 1.72 bits per heavy atom. The van der Waals surface area contributed by atoms with Crippen LogP contribution >= 0.6 is 0 Å². The number of methoxy groups -OCH3 is 1. The normalized spacial score (nSPS) is 15.4. The number of hydrogen-bond donors (Lipinski definition) is 1. The molecule has 0 radical (unpaired) electrons. The van der Waals surface area contributed by atoms with Gasteiger partial charge in [-0.05, 0) is 66.0 Å². The van der Waals surface area contributed by atoms with E-state index in [0.717, 1.165) is 50.7 Å². The van der Waals surface area contributed by atoms with Gasteiger partial charge in [0.1, 0.15) is 18.1 Å². The summed E-state index contributed by atoms with van der Waals surface area (Å²) in [7, 11) is 1.75. The standard InChI is InChI=1S/C28H34N2O2/c1-4-30(5-2)17-18-32-24-12-13-25-23(19-24)15-16-29-28(25)26-20-22(11-14-27(26)31-3)21-9-7-6-8-10-21/h6-14,19-20,28-29H,4-5,15-18H2,1-3H3. The summed E-state index contributed by atoms with van der Waals surface area (Å²) in [5.41, 5.74) is 6.23. The molecule has 0 fully saturated rings. The SMILES string of the molecule is CCN(CC)CCOc1ccc2c(c1)CCNC2c1cc(-c2ccccc2)ccc1OC. The second-order valence-corrected chi connectivity index (χ2v) is 8.20. The van der Waals surface area contributed by atoms with Gasteiger partial charge in [-0.3, -0.25) is 0 Å². The third-order valence-electron chi connectivity index (χ3n) is 6.39. The highest BCUT2D eigenvalue weighted by atomic mass is 16.5. The minimum atomic E-state index is 0.0992. The molecule has 0 spiro atoms. The van der Waals surface area contributed by atoms with Crippen molar-refractivity contribution in [2.75, 3.05) is 39.9 Å². The van der Waals surface area contributed by atoms with Gasteiger partial charge >= 0.3 is 0 Å². The molecule has 0 aromatic heterocycles. The molecule has 4 heteroatoms. The zero-order valence-corrected chi connectivity index (χ0v) is 19.4. The molecule has 1 aliphatic rings. The number of nitrogens with one attached hydrogen (secondary N) is 1. The molecule has 0 saturated carbocycles. The lowest BCUT2D eigenvalue weighted by Crippen LogP contribution is -2.31. The predicted molar refractivity (Wildman–Crippen MR) is 132 cm³/mol. The molecule has 3 aromatic carbocycles. The average molecular weight is 431 g/mol. The van der Waals surface area contributed by atoms with Gasteiger partial charge in [0.05, 0.1) is 13.2 Å². The maximum Gasteiger partial charge on any atom is 0.124 e. The summed E-state index contributed by atoms with van der Waals surface area (Å²) < 4.78 is 11.8. The van der Waals surface area contributed by atoms with Crippen LogP contribution < -0.4 is 14.8 Å². The summed E-state index contributed by atoms with van der Waals surface area (Å²) in [6.45, 7) is 9.10. The molecule has 3 aromatic rings. The maximum atomic E-state index is 6.08. The first-order chi connectivity index (χ1) is 15.7. The largest absolute Gasteiger partial charge is 0.496 e. The van der Waals surface area contributed by atoms with Crippen molar-refractivity contribution in [1.82, 2.24) is 10.2 Å². The van der Waals surface area contributed by atoms with Gasteiger partial charge in [0, 0.05) is 18.7 Å². The van der Waals surface area contributed by atoms with Crippen molar-refractivity contribution in [1.29, 1.82) is 0 Å². The summed E-state index contributed by atoms with van der Waals surface area (Å²) in [4.78, 5) is 2.38. The van der Waals surface area contributed by atoms with E-state index in [-0.39, 0.29) is 6.04 Å². The molecule has 1 unspecified atom stereocenters. The predicted octanol–water partition coefficient (Wildman–Crippen LogP) is 5.32. The minimum absolute atomic E-state index is 0.0992. The highest BCUT2D eigenvalue weighted by Gasteiger charge is 2.25. The number of benzene rings is 3. The maximum absolute atomic E-state index is 6.08. The van der Waals surface area contributed by atoms with Crippen LogP contribution in [0.2, 0.25) is 0 Å². The van der Waals surface area contributed by atoms with E-state index >= 15 is 0 Å². The van der Waals surface area contributed by atoms with Crippen molar-refractivity contribution in [2.45, 2.75) is 26.3 Å². The van der Waals surface area contributed by atoms with Gasteiger partial charge in [-0.15, -0.1) is 0 Å². The number of rotatable bonds is 9. The molecule has 4 nitrogen and oxygen atoms in total. The zero-order valence-electron chi connectivity index (χ0n) is 19.4. The van der Waals surface area contributed by atoms with Crippen LogP contribution in [0.5, 0.6) is 11.5 Å². The van der Waals surface area contributed by atoms with Gasteiger partial charge in [-0.25, -0.2) is 0 Å². The highest BCUT2D eigenvalue weighted by molar-refractivity contribution is 5.66. The van der Waals surface area contributed by atoms with Gasteiger partial charge in [0.2, 0.25) is 0 Å². The Morgan fingerprint density at radius 3 is 2.47 bits per heavy atom. The molecule has 32 heavy (non-hydrogen) atoms. The van der Waals surface area contributed by atoms with E-state index in [9.17, 15) is 0 Å². The van der Waals surface area contributed by atoms with Crippen molar-refractivity contribution < 1.29 is 9.47 Å². The van der Waals surface area contributed by atoms with E-state index in [0.29, 0.717) is 0 Å². The third-order valence-corrected chi connectivity index (χ3v) is 6.39. The Labute approximate surface area is 192 Å². The van der Waals surface area contributed by atoms with E-state index in [4.69, 9.17) is 9.47 Å². The van der Waals surface area contributed by atoms with Gasteiger partial charge < -0.3 is 19.7 Å². The highest BCUT2D eigenvalue weighted by Crippen LogP contribution is 2.37. The molecule has 1 aliphatic heterocycles. The Hall–Kier alpha value is -2.82. The second kappa shape index (κ2) is 10.7. The van der Waals surface area contributed by atoms with E-state index < -0.39 is 0 Å². The van der Waals surface area contributed by atoms with Gasteiger partial charge in [0.15, 0.2) is 0 Å². The Kier molecular flexibility index (Phi) is 7.46. The minimum Gasteiger partial charge on any atom is -0.496 e. The van der Waals surface area contributed by atoms with E-state index in [1.807, 2.05) is 0 Å². The monoisotopic (exact) mass is 430 g/mol. The van der Waals surface area contributed by atoms with Crippen LogP contribution in [-0.2, 0) is 6.42 Å². The van der Waals surface area contributed by atoms with Crippen LogP contribution in [0.25, 0.3) is 11.1 Å². The Balaban J connectivity index is 1.59. The number of fused-ring (bicyclic) bond motifs is 1. The fraction of sp³-hybridized carbons (Fsp3) is 0.357. The molecule has 1 atom stereocenters. The number of hydrogen-bond acceptors (Lipinski definition) is 4. The van der Waals surface area contributed by atoms with Crippen molar-refractivity contribution in [3.05, 3.63) is 83.4 Å². The number of likely N-dealkylation sites (N-methyl/N-ethyl adjacent to an activating group) is 1. The Morgan fingerprint density at radius 1 is 0.906 bits per heavy atom. The fourth-order valence-electron chi connectivity index (χ4n) is 4.51. The number of ether oxygens (including phenoxy) is 2. The summed E-state index contributed by atoms with van der Waals surface area (Å²) in [5.74, 6) is 1.87. The van der Waals surface area contributed by atoms with Crippen LogP contribution in [0.15, 0.2) is 66.7 Å². The van der Waals surface area contributed by atoms with Crippen molar-refractivity contribution in [3.8, 4) is 22.6 Å². The molecule has 1 N–H and O–H groups in total. The first-order valence-corrected chi connectivity index (χ1v) is 11.7. The number of nitrogens with zero attached hydrogens (tertiary/aromatic N) is 1. The average Bonchev–Trinajstić information content (AvgIpc) is 2.86. The quantitative estimate of drug-likeness (QED) is 0.498. The van der Waals surface area contributed by atoms with Crippen LogP contribution in [0.1, 0.15) is 36.6 Å². The molecule has 168 valence electrons. The van der Waals surface area contributed by atoms with Crippen molar-refractivity contribution in [3.63, 3.8) is 0 Å². The van der Waals surface area contributed by atoms with Gasteiger partial charge in [-0.2, -0.15) is 0 Å². The van der Waals surface area contributed by atoms with Gasteiger partial charge in [-0.1, -0.05) is 56.3 Å². The van der Waals surface area contributed by atoms with Crippen LogP contribution in [-0.4, -0.2) is 44.8 Å². The molecule has 0 bridgehead atoms. The van der Waals surface area contributed by atoms with Crippen molar-refractivity contribution >= 4 is 0 Å². The van der Waals surface area contributed by atoms with Crippen molar-refractivity contribution in [2.24, 2.45) is 0 Å². The Bertz CT molecular complexity index is 1020. The smallest absolute Gasteiger partial charge is 0.124 e. The fourth-order valence-corrected chi connectivity index (χ4v) is 4.51. The molecular weight excluding hydrogens is 396 g/mol. The topological polar surface area (TPSA) is 33.7 Å². The van der Waals surface area contributed by atoms with Gasteiger partial charge in [0.25, 0.3) is 0 Å². The first kappa shape index (κ1) is 22.4. The van der Waals surface area contributed by atoms with E-state index in [2.05, 4.69) is 90.8 Å². The lowest BCUT2D eigenvalue weighted by Gasteiger charge is -2.29. The summed E-state index contributed by atoms with van der Waals surface area (Å²) in [6, 6.07) is 23.6. The molecular formula is C28H34N2O2. The molecule has 0 saturated heterocycles. The lowest BCUT2D eigenvalue weighted by molar-refractivity contribution is 0.222. The third kappa shape index (κ3) is 4.98. The molecule has 4 rings (SSSR count). The second-order valence-electron chi connectivity index (χ2n) is 8.20. The first-order valence-electron chi connectivity index (χ1n) is 11.7. The zero-order chi connectivity index (χ0) is 22.3. The molecule has 0 amide bonds.